The van der Waals surface area contributed by atoms with Crippen LogP contribution < -0.4 is 11.1 Å². The molecule has 4 aliphatic rings. The van der Waals surface area contributed by atoms with Gasteiger partial charge in [-0.3, -0.25) is 15.3 Å². The highest BCUT2D eigenvalue weighted by Crippen LogP contribution is 2.53. The largest absolute Gasteiger partial charge is 0.507 e. The van der Waals surface area contributed by atoms with Crippen molar-refractivity contribution in [1.82, 2.24) is 5.32 Å². The number of ether oxygens (including phenoxy) is 1. The monoisotopic (exact) mass is 597 g/mol. The molecule has 0 aromatic heterocycles. The molecule has 2 fully saturated rings. The molecule has 6 unspecified atom stereocenters. The number of quaternary nitrogens is 1. The maximum atomic E-state index is 14.1. The molecule has 3 aliphatic carbocycles. The van der Waals surface area contributed by atoms with Crippen molar-refractivity contribution in [3.8, 4) is 5.75 Å². The topological polar surface area (TPSA) is 181 Å². The minimum atomic E-state index is -2.62. The number of fused-ring (bicyclic) bond motifs is 3. The fourth-order valence-electron chi connectivity index (χ4n) is 7.74. The van der Waals surface area contributed by atoms with E-state index >= 15 is 0 Å². The molecular formula is C33H45N2O8+. The molecule has 0 radical (unpaired) electrons. The number of amides is 1. The number of Topliss-reactive ketones (excluding diaryl/α,β-unsaturated/α-hetero) is 2. The molecule has 1 aliphatic heterocycles. The number of hydrogen-bond acceptors (Lipinski definition) is 9. The van der Waals surface area contributed by atoms with E-state index in [0.717, 1.165) is 24.9 Å². The quantitative estimate of drug-likeness (QED) is 0.193. The molecule has 0 saturated heterocycles. The Morgan fingerprint density at radius 1 is 1.16 bits per heavy atom. The van der Waals surface area contributed by atoms with Gasteiger partial charge in [-0.2, -0.15) is 0 Å². The van der Waals surface area contributed by atoms with Crippen molar-refractivity contribution >= 4 is 29.0 Å². The second-order valence-corrected chi connectivity index (χ2v) is 13.6. The Morgan fingerprint density at radius 2 is 1.91 bits per heavy atom. The first kappa shape index (κ1) is 31.4. The van der Waals surface area contributed by atoms with Crippen LogP contribution in [0.3, 0.4) is 0 Å². The van der Waals surface area contributed by atoms with Gasteiger partial charge in [0.25, 0.3) is 0 Å². The summed E-state index contributed by atoms with van der Waals surface area (Å²) in [5.74, 6) is -6.03. The number of aromatic hydroxyl groups is 1. The first-order valence-corrected chi connectivity index (χ1v) is 15.5. The number of rotatable bonds is 8. The van der Waals surface area contributed by atoms with Crippen LogP contribution in [0.25, 0.3) is 11.5 Å². The number of carbonyl (C=O) groups is 3. The number of carbonyl (C=O) groups excluding carboxylic acids is 3. The highest BCUT2D eigenvalue weighted by atomic mass is 16.5. The summed E-state index contributed by atoms with van der Waals surface area (Å²) >= 11 is 0. The second-order valence-electron chi connectivity index (χ2n) is 13.6. The van der Waals surface area contributed by atoms with Gasteiger partial charge in [0.05, 0.1) is 11.7 Å². The molecule has 1 aromatic carbocycles. The van der Waals surface area contributed by atoms with E-state index in [2.05, 4.69) is 18.0 Å². The summed E-state index contributed by atoms with van der Waals surface area (Å²) in [5.41, 5.74) is 1.43. The number of aliphatic hydroxyl groups excluding tert-OH is 2. The fourth-order valence-corrected chi connectivity index (χ4v) is 7.74. The van der Waals surface area contributed by atoms with Crippen molar-refractivity contribution in [2.24, 2.45) is 23.2 Å². The molecule has 8 N–H and O–H groups in total. The second kappa shape index (κ2) is 11.8. The van der Waals surface area contributed by atoms with Crippen molar-refractivity contribution in [2.45, 2.75) is 89.9 Å². The summed E-state index contributed by atoms with van der Waals surface area (Å²) in [5, 5.41) is 48.6. The number of unbranched alkanes of at least 4 members (excludes halogenated alkanes) is 2. The van der Waals surface area contributed by atoms with E-state index in [-0.39, 0.29) is 48.7 Å². The van der Waals surface area contributed by atoms with Gasteiger partial charge in [-0.15, -0.1) is 0 Å². The highest BCUT2D eigenvalue weighted by Gasteiger charge is 2.63. The van der Waals surface area contributed by atoms with Gasteiger partial charge in [0.15, 0.2) is 17.3 Å². The van der Waals surface area contributed by atoms with E-state index in [1.807, 2.05) is 19.9 Å². The molecular weight excluding hydrogens is 552 g/mol. The lowest BCUT2D eigenvalue weighted by Crippen LogP contribution is -2.70. The maximum Gasteiger partial charge on any atom is 0.322 e. The number of hydrogen-bond donors (Lipinski definition) is 6. The van der Waals surface area contributed by atoms with Crippen LogP contribution >= 0.6 is 0 Å². The van der Waals surface area contributed by atoms with E-state index < -0.39 is 58.1 Å². The van der Waals surface area contributed by atoms with Gasteiger partial charge in [-0.1, -0.05) is 33.6 Å². The molecule has 6 atom stereocenters. The van der Waals surface area contributed by atoms with Gasteiger partial charge in [-0.25, -0.2) is 4.79 Å². The van der Waals surface area contributed by atoms with Gasteiger partial charge in [-0.05, 0) is 73.8 Å². The van der Waals surface area contributed by atoms with E-state index in [4.69, 9.17) is 4.74 Å². The summed E-state index contributed by atoms with van der Waals surface area (Å²) in [6, 6.07) is 3.19. The Morgan fingerprint density at radius 3 is 2.60 bits per heavy atom. The molecule has 10 nitrogen and oxygen atoms in total. The Kier molecular flexibility index (Phi) is 8.61. The first-order valence-electron chi connectivity index (χ1n) is 15.5. The first-order chi connectivity index (χ1) is 20.3. The Bertz CT molecular complexity index is 1380. The Hall–Kier alpha value is -3.05. The Labute approximate surface area is 252 Å². The molecule has 5 rings (SSSR count). The van der Waals surface area contributed by atoms with Crippen molar-refractivity contribution in [3.63, 3.8) is 0 Å². The number of phenols is 1. The molecule has 234 valence electrons. The van der Waals surface area contributed by atoms with Crippen LogP contribution in [-0.2, 0) is 25.5 Å². The molecule has 43 heavy (non-hydrogen) atoms. The molecule has 1 aromatic rings. The zero-order valence-electron chi connectivity index (χ0n) is 25.3. The molecule has 0 bridgehead atoms. The third-order valence-electron chi connectivity index (χ3n) is 9.80. The van der Waals surface area contributed by atoms with Crippen LogP contribution in [0.1, 0.15) is 82.4 Å². The number of aliphatic hydroxyl groups is 3. The highest BCUT2D eigenvalue weighted by molar-refractivity contribution is 6.23. The maximum absolute atomic E-state index is 14.1. The molecule has 10 heteroatoms. The zero-order chi connectivity index (χ0) is 31.3. The van der Waals surface area contributed by atoms with Crippen molar-refractivity contribution in [2.75, 3.05) is 13.1 Å². The van der Waals surface area contributed by atoms with Gasteiger partial charge >= 0.3 is 5.91 Å². The fraction of sp³-hybridized carbons (Fsp3) is 0.606. The summed E-state index contributed by atoms with van der Waals surface area (Å²) in [6.07, 6.45) is 5.57. The number of phenolic OH excluding ortho intramolecular Hbond substituents is 1. The summed E-state index contributed by atoms with van der Waals surface area (Å²) < 4.78 is 6.28. The van der Waals surface area contributed by atoms with Crippen LogP contribution in [0.5, 0.6) is 5.75 Å². The summed E-state index contributed by atoms with van der Waals surface area (Å²) in [6.45, 7) is 7.53. The minimum absolute atomic E-state index is 0.0436. The predicted molar refractivity (Wildman–Crippen MR) is 158 cm³/mol. The van der Waals surface area contributed by atoms with Crippen LogP contribution in [0.15, 0.2) is 23.8 Å². The third-order valence-corrected chi connectivity index (χ3v) is 9.80. The minimum Gasteiger partial charge on any atom is -0.507 e. The lowest BCUT2D eigenvalue weighted by molar-refractivity contribution is -0.313. The normalized spacial score (nSPS) is 31.8. The van der Waals surface area contributed by atoms with E-state index in [0.29, 0.717) is 24.3 Å². The van der Waals surface area contributed by atoms with Crippen molar-refractivity contribution in [1.29, 1.82) is 0 Å². The molecule has 1 heterocycles. The van der Waals surface area contributed by atoms with Crippen LogP contribution in [0, 0.1) is 23.2 Å². The lowest BCUT2D eigenvalue weighted by Gasteiger charge is -2.48. The smallest absolute Gasteiger partial charge is 0.322 e. The molecule has 2 saturated carbocycles. The SMILES string of the molecule is CCCCCNCC1CC=C(c2ccc(O)c3c2CC2CC4CC(C)(C)CC(O)C(C([NH3+])=O)C(=O)C4(O)C(=O)C2=C3O)O1. The predicted octanol–water partition coefficient (Wildman–Crippen LogP) is 2.20. The average Bonchev–Trinajstić information content (AvgIpc) is 3.38. The third kappa shape index (κ3) is 5.54. The van der Waals surface area contributed by atoms with Crippen LogP contribution in [0.4, 0.5) is 0 Å². The van der Waals surface area contributed by atoms with Crippen molar-refractivity contribution in [3.05, 3.63) is 40.5 Å². The van der Waals surface area contributed by atoms with Gasteiger partial charge in [0.1, 0.15) is 23.4 Å². The van der Waals surface area contributed by atoms with Gasteiger partial charge in [0.2, 0.25) is 5.78 Å². The van der Waals surface area contributed by atoms with Crippen LogP contribution in [-0.4, -0.2) is 68.8 Å². The van der Waals surface area contributed by atoms with E-state index in [1.165, 1.54) is 12.5 Å². The zero-order valence-corrected chi connectivity index (χ0v) is 25.3. The van der Waals surface area contributed by atoms with E-state index in [1.54, 1.807) is 6.07 Å². The van der Waals surface area contributed by atoms with Gasteiger partial charge in [0, 0.05) is 30.0 Å². The number of benzene rings is 1. The summed E-state index contributed by atoms with van der Waals surface area (Å²) in [4.78, 5) is 40.3. The number of ketones is 2. The van der Waals surface area contributed by atoms with E-state index in [9.17, 15) is 34.8 Å². The molecule has 1 amide bonds. The summed E-state index contributed by atoms with van der Waals surface area (Å²) in [7, 11) is 0. The van der Waals surface area contributed by atoms with Gasteiger partial charge < -0.3 is 30.5 Å². The van der Waals surface area contributed by atoms with Crippen molar-refractivity contribution < 1.29 is 45.3 Å². The lowest BCUT2D eigenvalue weighted by atomic mass is 9.55. The standard InChI is InChI=1S/C33H44N2O8/c1-4-5-6-11-35-16-19-7-10-24(43-19)20-8-9-22(36)26-21(20)13-17-12-18-14-32(2,3)15-23(37)27(31(34)41)30(40)33(18,42)29(39)25(17)28(26)38/h8-10,17-19,23,27,35-38,42H,4-7,11-16H2,1-3H3,(H2,34,41)/p+1. The molecule has 0 spiro atoms. The van der Waals surface area contributed by atoms with Crippen LogP contribution in [0.2, 0.25) is 0 Å². The average molecular weight is 598 g/mol. The number of nitrogens with one attached hydrogen (secondary N) is 1. The Balaban J connectivity index is 1.50.